The van der Waals surface area contributed by atoms with E-state index in [1.807, 2.05) is 13.8 Å². The summed E-state index contributed by atoms with van der Waals surface area (Å²) in [4.78, 5) is 0. The largest absolute Gasteiger partial charge is 0.393 e. The van der Waals surface area contributed by atoms with Gasteiger partial charge in [-0.3, -0.25) is 0 Å². The molecule has 1 aliphatic carbocycles. The van der Waals surface area contributed by atoms with Crippen LogP contribution in [0.1, 0.15) is 52.4 Å². The van der Waals surface area contributed by atoms with E-state index in [0.29, 0.717) is 12.3 Å². The van der Waals surface area contributed by atoms with E-state index in [1.165, 1.54) is 19.3 Å². The summed E-state index contributed by atoms with van der Waals surface area (Å²) in [5.41, 5.74) is 0.785. The maximum atomic E-state index is 10.1. The molecule has 0 heterocycles. The molecule has 2 heteroatoms. The first-order chi connectivity index (χ1) is 7.52. The number of rotatable bonds is 5. The Bertz CT molecular complexity index is 217. The molecule has 0 aromatic heterocycles. The quantitative estimate of drug-likeness (QED) is 0.708. The highest BCUT2D eigenvalue weighted by Gasteiger charge is 2.24. The monoisotopic (exact) mass is 226 g/mol. The van der Waals surface area contributed by atoms with Gasteiger partial charge in [-0.25, -0.2) is 0 Å². The van der Waals surface area contributed by atoms with Gasteiger partial charge in [-0.15, -0.1) is 0 Å². The molecular weight excluding hydrogens is 200 g/mol. The van der Waals surface area contributed by atoms with Gasteiger partial charge in [-0.2, -0.15) is 0 Å². The summed E-state index contributed by atoms with van der Waals surface area (Å²) in [6.45, 7) is 7.85. The van der Waals surface area contributed by atoms with Gasteiger partial charge in [0.15, 0.2) is 0 Å². The molecule has 1 fully saturated rings. The maximum absolute atomic E-state index is 10.1. The molecule has 2 nitrogen and oxygen atoms in total. The van der Waals surface area contributed by atoms with E-state index in [2.05, 4.69) is 6.58 Å². The first-order valence-electron chi connectivity index (χ1n) is 6.56. The number of aliphatic hydroxyl groups excluding tert-OH is 2. The molecule has 1 aliphatic rings. The molecule has 0 radical (unpaired) electrons. The number of hydrogen-bond donors (Lipinski definition) is 2. The van der Waals surface area contributed by atoms with Gasteiger partial charge in [-0.1, -0.05) is 39.7 Å². The Balaban J connectivity index is 2.37. The van der Waals surface area contributed by atoms with Crippen molar-refractivity contribution in [1.29, 1.82) is 0 Å². The van der Waals surface area contributed by atoms with Crippen LogP contribution in [0.25, 0.3) is 0 Å². The van der Waals surface area contributed by atoms with Crippen molar-refractivity contribution in [3.63, 3.8) is 0 Å². The summed E-state index contributed by atoms with van der Waals surface area (Å²) in [6.07, 6.45) is 5.82. The highest BCUT2D eigenvalue weighted by atomic mass is 16.3. The average molecular weight is 226 g/mol. The lowest BCUT2D eigenvalue weighted by molar-refractivity contribution is 0.0731. The lowest BCUT2D eigenvalue weighted by atomic mass is 9.82. The van der Waals surface area contributed by atoms with Gasteiger partial charge in [0.05, 0.1) is 12.2 Å². The second kappa shape index (κ2) is 6.41. The minimum atomic E-state index is -0.474. The van der Waals surface area contributed by atoms with E-state index in [4.69, 9.17) is 0 Å². The molecule has 0 saturated heterocycles. The molecule has 0 aromatic carbocycles. The summed E-state index contributed by atoms with van der Waals surface area (Å²) in [6, 6.07) is 0. The second-order valence-electron chi connectivity index (χ2n) is 5.52. The van der Waals surface area contributed by atoms with Gasteiger partial charge in [0.25, 0.3) is 0 Å². The Morgan fingerprint density at radius 1 is 1.19 bits per heavy atom. The van der Waals surface area contributed by atoms with Crippen LogP contribution in [0.2, 0.25) is 0 Å². The Morgan fingerprint density at radius 3 is 2.25 bits per heavy atom. The van der Waals surface area contributed by atoms with Crippen molar-refractivity contribution >= 4 is 0 Å². The zero-order valence-electron chi connectivity index (χ0n) is 10.7. The summed E-state index contributed by atoms with van der Waals surface area (Å²) in [7, 11) is 0. The fourth-order valence-corrected chi connectivity index (χ4v) is 2.55. The van der Waals surface area contributed by atoms with Gasteiger partial charge in [0, 0.05) is 0 Å². The van der Waals surface area contributed by atoms with Crippen molar-refractivity contribution < 1.29 is 10.2 Å². The van der Waals surface area contributed by atoms with Crippen LogP contribution in [-0.2, 0) is 0 Å². The topological polar surface area (TPSA) is 40.5 Å². The van der Waals surface area contributed by atoms with Crippen LogP contribution in [0.3, 0.4) is 0 Å². The van der Waals surface area contributed by atoms with E-state index < -0.39 is 6.10 Å². The van der Waals surface area contributed by atoms with Crippen molar-refractivity contribution in [2.45, 2.75) is 64.6 Å². The van der Waals surface area contributed by atoms with E-state index in [9.17, 15) is 10.2 Å². The first kappa shape index (κ1) is 13.7. The molecule has 1 rings (SSSR count). The van der Waals surface area contributed by atoms with Gasteiger partial charge in [0.1, 0.15) is 0 Å². The zero-order valence-corrected chi connectivity index (χ0v) is 10.7. The van der Waals surface area contributed by atoms with Crippen LogP contribution in [0.4, 0.5) is 0 Å². The van der Waals surface area contributed by atoms with Gasteiger partial charge < -0.3 is 10.2 Å². The van der Waals surface area contributed by atoms with Crippen molar-refractivity contribution in [2.24, 2.45) is 11.8 Å². The maximum Gasteiger partial charge on any atom is 0.0771 e. The predicted octanol–water partition coefficient (Wildman–Crippen LogP) is 2.89. The molecule has 0 spiro atoms. The molecule has 16 heavy (non-hydrogen) atoms. The van der Waals surface area contributed by atoms with Crippen LogP contribution < -0.4 is 0 Å². The van der Waals surface area contributed by atoms with Crippen LogP contribution in [0.5, 0.6) is 0 Å². The third-order valence-corrected chi connectivity index (χ3v) is 3.72. The molecule has 0 bridgehead atoms. The average Bonchev–Trinajstić information content (AvgIpc) is 2.28. The van der Waals surface area contributed by atoms with E-state index >= 15 is 0 Å². The fourth-order valence-electron chi connectivity index (χ4n) is 2.55. The standard InChI is InChI=1S/C14H26O2/c1-10(2)14(16)11(3)9-13(15)12-7-5-4-6-8-12/h10,12-16H,3-9H2,1-2H3/t13-,14+/m0/s1. The Kier molecular flexibility index (Phi) is 5.50. The van der Waals surface area contributed by atoms with Gasteiger partial charge >= 0.3 is 0 Å². The molecule has 94 valence electrons. The summed E-state index contributed by atoms with van der Waals surface area (Å²) >= 11 is 0. The minimum Gasteiger partial charge on any atom is -0.393 e. The first-order valence-corrected chi connectivity index (χ1v) is 6.56. The smallest absolute Gasteiger partial charge is 0.0771 e. The minimum absolute atomic E-state index is 0.186. The second-order valence-corrected chi connectivity index (χ2v) is 5.52. The van der Waals surface area contributed by atoms with Crippen LogP contribution in [0, 0.1) is 11.8 Å². The Labute approximate surface area is 99.4 Å². The van der Waals surface area contributed by atoms with E-state index in [0.717, 1.165) is 18.4 Å². The molecular formula is C14H26O2. The van der Waals surface area contributed by atoms with Crippen molar-refractivity contribution in [1.82, 2.24) is 0 Å². The van der Waals surface area contributed by atoms with Gasteiger partial charge in [-0.05, 0) is 36.7 Å². The Hall–Kier alpha value is -0.340. The molecule has 1 saturated carbocycles. The molecule has 0 aliphatic heterocycles. The summed E-state index contributed by atoms with van der Waals surface area (Å²) in [5.74, 6) is 0.607. The third kappa shape index (κ3) is 3.91. The summed E-state index contributed by atoms with van der Waals surface area (Å²) in [5, 5.41) is 19.9. The van der Waals surface area contributed by atoms with Crippen LogP contribution >= 0.6 is 0 Å². The number of aliphatic hydroxyl groups is 2. The fraction of sp³-hybridized carbons (Fsp3) is 0.857. The summed E-state index contributed by atoms with van der Waals surface area (Å²) < 4.78 is 0. The van der Waals surface area contributed by atoms with E-state index in [-0.39, 0.29) is 12.0 Å². The Morgan fingerprint density at radius 2 is 1.75 bits per heavy atom. The zero-order chi connectivity index (χ0) is 12.1. The van der Waals surface area contributed by atoms with E-state index in [1.54, 1.807) is 0 Å². The highest BCUT2D eigenvalue weighted by molar-refractivity contribution is 5.05. The molecule has 2 atom stereocenters. The van der Waals surface area contributed by atoms with Gasteiger partial charge in [0.2, 0.25) is 0 Å². The normalized spacial score (nSPS) is 22.1. The highest BCUT2D eigenvalue weighted by Crippen LogP contribution is 2.29. The third-order valence-electron chi connectivity index (χ3n) is 3.72. The SMILES string of the molecule is C=C(C[C@H](O)C1CCCCC1)[C@H](O)C(C)C. The molecule has 0 unspecified atom stereocenters. The predicted molar refractivity (Wildman–Crippen MR) is 67.2 cm³/mol. The van der Waals surface area contributed by atoms with Crippen molar-refractivity contribution in [3.05, 3.63) is 12.2 Å². The van der Waals surface area contributed by atoms with Crippen LogP contribution in [0.15, 0.2) is 12.2 Å². The van der Waals surface area contributed by atoms with Crippen molar-refractivity contribution in [2.75, 3.05) is 0 Å². The lowest BCUT2D eigenvalue weighted by Crippen LogP contribution is -2.27. The molecule has 2 N–H and O–H groups in total. The number of hydrogen-bond acceptors (Lipinski definition) is 2. The molecule has 0 amide bonds. The van der Waals surface area contributed by atoms with Crippen LogP contribution in [-0.4, -0.2) is 22.4 Å². The van der Waals surface area contributed by atoms with Crippen molar-refractivity contribution in [3.8, 4) is 0 Å². The molecule has 0 aromatic rings. The lowest BCUT2D eigenvalue weighted by Gasteiger charge is -2.28.